The lowest BCUT2D eigenvalue weighted by Gasteiger charge is -1.95. The van der Waals surface area contributed by atoms with Gasteiger partial charge in [0.05, 0.1) is 5.69 Å². The average Bonchev–Trinajstić information content (AvgIpc) is 2.34. The van der Waals surface area contributed by atoms with Crippen LogP contribution in [0.25, 0.3) is 0 Å². The number of anilines is 1. The fraction of sp³-hybridized carbons (Fsp3) is 0.364. The average molecular weight is 197 g/mol. The maximum absolute atomic E-state index is 10.1. The number of aldehydes is 1. The van der Waals surface area contributed by atoms with Crippen molar-refractivity contribution in [3.8, 4) is 0 Å². The maximum atomic E-state index is 10.1. The van der Waals surface area contributed by atoms with E-state index >= 15 is 0 Å². The number of nitrogens with one attached hydrogen (secondary N) is 1. The molecule has 0 saturated heterocycles. The molecule has 0 unspecified atom stereocenters. The number of carbonyl (C=O) groups excluding carboxylic acids is 1. The van der Waals surface area contributed by atoms with E-state index in [1.165, 1.54) is 0 Å². The Morgan fingerprint density at radius 3 is 1.79 bits per heavy atom. The van der Waals surface area contributed by atoms with Crippen molar-refractivity contribution in [3.05, 3.63) is 29.8 Å². The Morgan fingerprint density at radius 2 is 1.50 bits per heavy atom. The third kappa shape index (κ3) is 6.20. The largest absolute Gasteiger partial charge is 0.298 e. The Bertz CT molecular complexity index is 219. The Labute approximate surface area is 85.7 Å². The minimum Gasteiger partial charge on any atom is -0.298 e. The van der Waals surface area contributed by atoms with Crippen LogP contribution in [-0.4, -0.2) is 11.5 Å². The molecule has 0 aliphatic heterocycles. The van der Waals surface area contributed by atoms with Gasteiger partial charge in [-0.1, -0.05) is 27.7 Å². The summed E-state index contributed by atoms with van der Waals surface area (Å²) in [6, 6.07) is 6.46. The normalized spacial score (nSPS) is 7.21. The Kier molecular flexibility index (Phi) is 12.6. The van der Waals surface area contributed by atoms with Crippen molar-refractivity contribution >= 4 is 12.0 Å². The van der Waals surface area contributed by atoms with Gasteiger partial charge in [-0.05, 0) is 24.3 Å². The summed E-state index contributed by atoms with van der Waals surface area (Å²) < 4.78 is 0. The van der Waals surface area contributed by atoms with Crippen molar-refractivity contribution in [1.29, 1.82) is 0 Å². The molecule has 0 amide bonds. The van der Waals surface area contributed by atoms with E-state index in [9.17, 15) is 4.79 Å². The highest BCUT2D eigenvalue weighted by Gasteiger charge is 1.88. The molecule has 0 heterocycles. The molecule has 3 heteroatoms. The van der Waals surface area contributed by atoms with Crippen LogP contribution in [0.1, 0.15) is 38.1 Å². The van der Waals surface area contributed by atoms with Crippen molar-refractivity contribution in [2.24, 2.45) is 0 Å². The highest BCUT2D eigenvalue weighted by atomic mass is 16.5. The SMILES string of the molecule is CC.CC.O=Cc1ccc(NO)cc1. The van der Waals surface area contributed by atoms with Crippen LogP contribution in [0.4, 0.5) is 5.69 Å². The maximum Gasteiger partial charge on any atom is 0.150 e. The number of benzene rings is 1. The van der Waals surface area contributed by atoms with Gasteiger partial charge in [-0.3, -0.25) is 15.5 Å². The summed E-state index contributed by atoms with van der Waals surface area (Å²) >= 11 is 0. The van der Waals surface area contributed by atoms with E-state index in [-0.39, 0.29) is 0 Å². The van der Waals surface area contributed by atoms with E-state index in [4.69, 9.17) is 5.21 Å². The molecule has 0 saturated carbocycles. The van der Waals surface area contributed by atoms with Gasteiger partial charge in [-0.15, -0.1) is 0 Å². The van der Waals surface area contributed by atoms with Gasteiger partial charge in [-0.25, -0.2) is 0 Å². The predicted molar refractivity (Wildman–Crippen MR) is 59.9 cm³/mol. The monoisotopic (exact) mass is 197 g/mol. The van der Waals surface area contributed by atoms with Crippen LogP contribution in [0.2, 0.25) is 0 Å². The van der Waals surface area contributed by atoms with Gasteiger partial charge in [0.25, 0.3) is 0 Å². The molecular weight excluding hydrogens is 178 g/mol. The molecule has 0 bridgehead atoms. The second-order valence-corrected chi connectivity index (χ2v) is 1.85. The number of hydrogen-bond acceptors (Lipinski definition) is 3. The lowest BCUT2D eigenvalue weighted by Crippen LogP contribution is -1.88. The van der Waals surface area contributed by atoms with E-state index in [1.54, 1.807) is 24.3 Å². The first-order valence-electron chi connectivity index (χ1n) is 4.82. The minimum absolute atomic E-state index is 0.575. The van der Waals surface area contributed by atoms with Crippen molar-refractivity contribution in [2.45, 2.75) is 27.7 Å². The van der Waals surface area contributed by atoms with Crippen LogP contribution >= 0.6 is 0 Å². The van der Waals surface area contributed by atoms with E-state index in [2.05, 4.69) is 0 Å². The molecule has 0 atom stereocenters. The molecule has 0 aliphatic rings. The van der Waals surface area contributed by atoms with Crippen molar-refractivity contribution < 1.29 is 10.0 Å². The molecule has 3 nitrogen and oxygen atoms in total. The third-order valence-electron chi connectivity index (χ3n) is 1.18. The molecule has 0 spiro atoms. The van der Waals surface area contributed by atoms with E-state index in [0.717, 1.165) is 6.29 Å². The zero-order valence-electron chi connectivity index (χ0n) is 9.24. The summed E-state index contributed by atoms with van der Waals surface area (Å²) in [5, 5.41) is 8.36. The second kappa shape index (κ2) is 11.6. The molecule has 0 radical (unpaired) electrons. The topological polar surface area (TPSA) is 49.3 Å². The zero-order chi connectivity index (χ0) is 11.4. The highest BCUT2D eigenvalue weighted by molar-refractivity contribution is 5.75. The summed E-state index contributed by atoms with van der Waals surface area (Å²) in [4.78, 5) is 10.1. The highest BCUT2D eigenvalue weighted by Crippen LogP contribution is 2.05. The minimum atomic E-state index is 0.575. The zero-order valence-corrected chi connectivity index (χ0v) is 9.24. The molecule has 1 rings (SSSR count). The van der Waals surface area contributed by atoms with Crippen LogP contribution in [0, 0.1) is 0 Å². The number of rotatable bonds is 2. The lowest BCUT2D eigenvalue weighted by atomic mass is 10.2. The first kappa shape index (κ1) is 15.1. The van der Waals surface area contributed by atoms with Gasteiger partial charge in [0.1, 0.15) is 6.29 Å². The van der Waals surface area contributed by atoms with Gasteiger partial charge < -0.3 is 0 Å². The third-order valence-corrected chi connectivity index (χ3v) is 1.18. The van der Waals surface area contributed by atoms with E-state index < -0.39 is 0 Å². The van der Waals surface area contributed by atoms with Crippen LogP contribution in [0.3, 0.4) is 0 Å². The summed E-state index contributed by atoms with van der Waals surface area (Å²) in [5.41, 5.74) is 3.13. The Morgan fingerprint density at radius 1 is 1.07 bits per heavy atom. The fourth-order valence-electron chi connectivity index (χ4n) is 0.636. The molecule has 0 aliphatic carbocycles. The van der Waals surface area contributed by atoms with Gasteiger partial charge in [-0.2, -0.15) is 0 Å². The van der Waals surface area contributed by atoms with Crippen LogP contribution in [0.5, 0.6) is 0 Å². The quantitative estimate of drug-likeness (QED) is 0.564. The summed E-state index contributed by atoms with van der Waals surface area (Å²) in [5.74, 6) is 0. The molecule has 14 heavy (non-hydrogen) atoms. The smallest absolute Gasteiger partial charge is 0.150 e. The predicted octanol–water partition coefficient (Wildman–Crippen LogP) is 3.35. The number of carbonyl (C=O) groups is 1. The summed E-state index contributed by atoms with van der Waals surface area (Å²) in [7, 11) is 0. The summed E-state index contributed by atoms with van der Waals surface area (Å²) in [6.07, 6.45) is 0.751. The van der Waals surface area contributed by atoms with E-state index in [0.29, 0.717) is 11.3 Å². The first-order valence-corrected chi connectivity index (χ1v) is 4.82. The lowest BCUT2D eigenvalue weighted by molar-refractivity contribution is 0.112. The standard InChI is InChI=1S/C7H7NO2.2C2H6/c9-5-6-1-3-7(8-10)4-2-6;2*1-2/h1-5,8,10H;2*1-2H3. The molecule has 1 aromatic carbocycles. The van der Waals surface area contributed by atoms with Gasteiger partial charge in [0.2, 0.25) is 0 Å². The van der Waals surface area contributed by atoms with Crippen molar-refractivity contribution in [2.75, 3.05) is 5.48 Å². The van der Waals surface area contributed by atoms with Crippen molar-refractivity contribution in [1.82, 2.24) is 0 Å². The van der Waals surface area contributed by atoms with Crippen LogP contribution in [-0.2, 0) is 0 Å². The first-order chi connectivity index (χ1) is 6.86. The van der Waals surface area contributed by atoms with Gasteiger partial charge in [0.15, 0.2) is 0 Å². The second-order valence-electron chi connectivity index (χ2n) is 1.85. The summed E-state index contributed by atoms with van der Waals surface area (Å²) in [6.45, 7) is 8.00. The van der Waals surface area contributed by atoms with Crippen molar-refractivity contribution in [3.63, 3.8) is 0 Å². The fourth-order valence-corrected chi connectivity index (χ4v) is 0.636. The molecule has 80 valence electrons. The number of hydrogen-bond donors (Lipinski definition) is 2. The van der Waals surface area contributed by atoms with Crippen LogP contribution < -0.4 is 5.48 Å². The Hall–Kier alpha value is -1.35. The molecule has 2 N–H and O–H groups in total. The van der Waals surface area contributed by atoms with Gasteiger partial charge >= 0.3 is 0 Å². The molecule has 1 aromatic rings. The van der Waals surface area contributed by atoms with E-state index in [1.807, 2.05) is 33.2 Å². The molecular formula is C11H19NO2. The van der Waals surface area contributed by atoms with Crippen LogP contribution in [0.15, 0.2) is 24.3 Å². The molecule has 0 fully saturated rings. The molecule has 0 aromatic heterocycles. The Balaban J connectivity index is 0. The van der Waals surface area contributed by atoms with Gasteiger partial charge in [0, 0.05) is 5.56 Å².